The first-order valence-corrected chi connectivity index (χ1v) is 7.72. The Kier molecular flexibility index (Phi) is 7.18. The van der Waals surface area contributed by atoms with Crippen LogP contribution in [-0.4, -0.2) is 50.7 Å². The van der Waals surface area contributed by atoms with Crippen molar-refractivity contribution in [1.29, 1.82) is 0 Å². The van der Waals surface area contributed by atoms with E-state index in [9.17, 15) is 0 Å². The molecule has 0 bridgehead atoms. The number of guanidine groups is 1. The minimum atomic E-state index is 0.0562. The monoisotopic (exact) mass is 306 g/mol. The maximum Gasteiger partial charge on any atom is 0.191 e. The van der Waals surface area contributed by atoms with E-state index in [0.29, 0.717) is 6.54 Å². The fourth-order valence-corrected chi connectivity index (χ4v) is 1.80. The van der Waals surface area contributed by atoms with Gasteiger partial charge < -0.3 is 20.3 Å². The summed E-state index contributed by atoms with van der Waals surface area (Å²) < 4.78 is 5.37. The molecule has 5 nitrogen and oxygen atoms in total. The molecule has 0 fully saturated rings. The average molecular weight is 306 g/mol. The zero-order valence-electron chi connectivity index (χ0n) is 14.7. The van der Waals surface area contributed by atoms with Gasteiger partial charge in [0.15, 0.2) is 5.96 Å². The number of methoxy groups -OCH3 is 1. The maximum absolute atomic E-state index is 5.37. The molecule has 0 spiro atoms. The van der Waals surface area contributed by atoms with Gasteiger partial charge in [-0.1, -0.05) is 18.2 Å². The number of aliphatic imine (C=N–C) groups is 1. The Balaban J connectivity index is 2.73. The van der Waals surface area contributed by atoms with E-state index in [1.807, 2.05) is 24.3 Å². The summed E-state index contributed by atoms with van der Waals surface area (Å²) in [6.07, 6.45) is 0. The quantitative estimate of drug-likeness (QED) is 0.598. The summed E-state index contributed by atoms with van der Waals surface area (Å²) in [4.78, 5) is 6.85. The molecule has 0 saturated heterocycles. The third-order valence-electron chi connectivity index (χ3n) is 3.84. The average Bonchev–Trinajstić information content (AvgIpc) is 2.50. The van der Waals surface area contributed by atoms with E-state index in [0.717, 1.165) is 30.4 Å². The molecule has 2 N–H and O–H groups in total. The number of para-hydroxylation sites is 1. The fraction of sp³-hybridized carbons (Fsp3) is 0.588. The molecule has 0 amide bonds. The van der Waals surface area contributed by atoms with Crippen molar-refractivity contribution in [1.82, 2.24) is 15.5 Å². The van der Waals surface area contributed by atoms with Crippen LogP contribution in [0.3, 0.4) is 0 Å². The second kappa shape index (κ2) is 8.63. The highest BCUT2D eigenvalue weighted by Gasteiger charge is 2.20. The van der Waals surface area contributed by atoms with Gasteiger partial charge in [0.25, 0.3) is 0 Å². The third kappa shape index (κ3) is 5.56. The van der Waals surface area contributed by atoms with Crippen LogP contribution < -0.4 is 15.4 Å². The van der Waals surface area contributed by atoms with Crippen molar-refractivity contribution in [3.8, 4) is 5.75 Å². The third-order valence-corrected chi connectivity index (χ3v) is 3.84. The van der Waals surface area contributed by atoms with E-state index in [-0.39, 0.29) is 5.54 Å². The van der Waals surface area contributed by atoms with Gasteiger partial charge in [0.2, 0.25) is 0 Å². The van der Waals surface area contributed by atoms with Crippen molar-refractivity contribution < 1.29 is 4.74 Å². The summed E-state index contributed by atoms with van der Waals surface area (Å²) in [5.41, 5.74) is 1.13. The number of hydrogen-bond donors (Lipinski definition) is 2. The first-order valence-electron chi connectivity index (χ1n) is 7.72. The van der Waals surface area contributed by atoms with E-state index < -0.39 is 0 Å². The summed E-state index contributed by atoms with van der Waals surface area (Å²) in [5, 5.41) is 6.69. The molecule has 0 unspecified atom stereocenters. The minimum absolute atomic E-state index is 0.0562. The van der Waals surface area contributed by atoms with Gasteiger partial charge >= 0.3 is 0 Å². The van der Waals surface area contributed by atoms with Crippen LogP contribution in [0.4, 0.5) is 0 Å². The summed E-state index contributed by atoms with van der Waals surface area (Å²) in [6, 6.07) is 7.97. The van der Waals surface area contributed by atoms with E-state index in [2.05, 4.69) is 55.4 Å². The molecule has 0 aliphatic rings. The van der Waals surface area contributed by atoms with Crippen molar-refractivity contribution in [2.75, 3.05) is 34.3 Å². The predicted octanol–water partition coefficient (Wildman–Crippen LogP) is 2.09. The van der Waals surface area contributed by atoms with Gasteiger partial charge in [0, 0.05) is 24.2 Å². The molecule has 0 aromatic heterocycles. The zero-order chi connectivity index (χ0) is 16.6. The van der Waals surface area contributed by atoms with Crippen molar-refractivity contribution in [2.24, 2.45) is 4.99 Å². The van der Waals surface area contributed by atoms with Crippen LogP contribution in [0.15, 0.2) is 29.3 Å². The summed E-state index contributed by atoms with van der Waals surface area (Å²) in [7, 11) is 5.85. The number of likely N-dealkylation sites (N-methyl/N-ethyl adjacent to an activating group) is 1. The molecular weight excluding hydrogens is 276 g/mol. The summed E-state index contributed by atoms with van der Waals surface area (Å²) in [5.74, 6) is 1.69. The smallest absolute Gasteiger partial charge is 0.191 e. The van der Waals surface area contributed by atoms with Gasteiger partial charge in [-0.15, -0.1) is 0 Å². The van der Waals surface area contributed by atoms with E-state index in [1.165, 1.54) is 0 Å². The second-order valence-corrected chi connectivity index (χ2v) is 6.07. The van der Waals surface area contributed by atoms with Gasteiger partial charge in [-0.3, -0.25) is 0 Å². The molecule has 5 heteroatoms. The first kappa shape index (κ1) is 18.3. The number of hydrogen-bond acceptors (Lipinski definition) is 3. The van der Waals surface area contributed by atoms with Gasteiger partial charge in [0.1, 0.15) is 5.75 Å². The number of benzene rings is 1. The minimum Gasteiger partial charge on any atom is -0.496 e. The normalized spacial score (nSPS) is 12.4. The Labute approximate surface area is 134 Å². The molecule has 1 aromatic carbocycles. The fourth-order valence-electron chi connectivity index (χ4n) is 1.80. The summed E-state index contributed by atoms with van der Waals surface area (Å²) >= 11 is 0. The highest BCUT2D eigenvalue weighted by molar-refractivity contribution is 5.79. The Morgan fingerprint density at radius 3 is 2.50 bits per heavy atom. The van der Waals surface area contributed by atoms with Gasteiger partial charge in [-0.05, 0) is 40.9 Å². The summed E-state index contributed by atoms with van der Waals surface area (Å²) in [6.45, 7) is 8.70. The topological polar surface area (TPSA) is 48.9 Å². The molecule has 0 aliphatic heterocycles. The maximum atomic E-state index is 5.37. The highest BCUT2D eigenvalue weighted by atomic mass is 16.5. The lowest BCUT2D eigenvalue weighted by molar-refractivity contribution is 0.197. The molecule has 0 radical (unpaired) electrons. The van der Waals surface area contributed by atoms with Crippen molar-refractivity contribution in [2.45, 2.75) is 32.9 Å². The van der Waals surface area contributed by atoms with Crippen molar-refractivity contribution >= 4 is 5.96 Å². The van der Waals surface area contributed by atoms with Crippen LogP contribution in [0.5, 0.6) is 5.75 Å². The van der Waals surface area contributed by atoms with Crippen LogP contribution in [0.1, 0.15) is 26.3 Å². The molecule has 124 valence electrons. The van der Waals surface area contributed by atoms with E-state index >= 15 is 0 Å². The molecular formula is C17H30N4O. The Bertz CT molecular complexity index is 483. The predicted molar refractivity (Wildman–Crippen MR) is 93.6 cm³/mol. The van der Waals surface area contributed by atoms with Gasteiger partial charge in [0.05, 0.1) is 13.7 Å². The first-order chi connectivity index (χ1) is 10.4. The molecule has 1 rings (SSSR count). The van der Waals surface area contributed by atoms with Crippen LogP contribution in [0.2, 0.25) is 0 Å². The number of nitrogens with one attached hydrogen (secondary N) is 2. The zero-order valence-corrected chi connectivity index (χ0v) is 14.7. The lowest BCUT2D eigenvalue weighted by Gasteiger charge is -2.33. The van der Waals surface area contributed by atoms with Crippen LogP contribution in [-0.2, 0) is 6.54 Å². The number of rotatable bonds is 7. The van der Waals surface area contributed by atoms with Crippen LogP contribution >= 0.6 is 0 Å². The molecule has 0 aliphatic carbocycles. The number of ether oxygens (including phenoxy) is 1. The molecule has 0 heterocycles. The molecule has 0 atom stereocenters. The van der Waals surface area contributed by atoms with Gasteiger partial charge in [-0.25, -0.2) is 4.99 Å². The molecule has 0 saturated carbocycles. The standard InChI is InChI=1S/C17H30N4O/c1-7-18-16(20-13-17(2,3)21(4)5)19-12-14-10-8-9-11-15(14)22-6/h8-11H,7,12-13H2,1-6H3,(H2,18,19,20). The molecule has 22 heavy (non-hydrogen) atoms. The Morgan fingerprint density at radius 2 is 1.91 bits per heavy atom. The van der Waals surface area contributed by atoms with Crippen molar-refractivity contribution in [3.05, 3.63) is 29.8 Å². The largest absolute Gasteiger partial charge is 0.496 e. The number of nitrogens with zero attached hydrogens (tertiary/aromatic N) is 2. The van der Waals surface area contributed by atoms with Crippen LogP contribution in [0.25, 0.3) is 0 Å². The van der Waals surface area contributed by atoms with Crippen molar-refractivity contribution in [3.63, 3.8) is 0 Å². The van der Waals surface area contributed by atoms with E-state index in [1.54, 1.807) is 7.11 Å². The van der Waals surface area contributed by atoms with Crippen LogP contribution in [0, 0.1) is 0 Å². The Hall–Kier alpha value is -1.75. The lowest BCUT2D eigenvalue weighted by Crippen LogP contribution is -2.50. The molecule has 1 aromatic rings. The highest BCUT2D eigenvalue weighted by Crippen LogP contribution is 2.17. The lowest BCUT2D eigenvalue weighted by atomic mass is 10.0. The van der Waals surface area contributed by atoms with Gasteiger partial charge in [-0.2, -0.15) is 0 Å². The SMILES string of the molecule is CCNC(=NCc1ccccc1OC)NCC(C)(C)N(C)C. The van der Waals surface area contributed by atoms with E-state index in [4.69, 9.17) is 4.74 Å². The second-order valence-electron chi connectivity index (χ2n) is 6.07. The Morgan fingerprint density at radius 1 is 1.23 bits per heavy atom.